The van der Waals surface area contributed by atoms with Crippen molar-refractivity contribution in [3.05, 3.63) is 29.8 Å². The number of anilines is 1. The molecule has 0 aromatic heterocycles. The first kappa shape index (κ1) is 14.2. The van der Waals surface area contributed by atoms with Crippen LogP contribution in [0.1, 0.15) is 19.3 Å². The lowest BCUT2D eigenvalue weighted by atomic mass is 10.3. The van der Waals surface area contributed by atoms with Crippen LogP contribution in [0.25, 0.3) is 0 Å². The van der Waals surface area contributed by atoms with Crippen LogP contribution in [-0.4, -0.2) is 26.8 Å². The van der Waals surface area contributed by atoms with Gasteiger partial charge in [0.2, 0.25) is 10.0 Å². The van der Waals surface area contributed by atoms with Gasteiger partial charge < -0.3 is 5.32 Å². The number of benzene rings is 1. The van der Waals surface area contributed by atoms with Gasteiger partial charge in [-0.2, -0.15) is 0 Å². The molecule has 0 spiro atoms. The Kier molecular flexibility index (Phi) is 4.36. The molecule has 1 fully saturated rings. The predicted molar refractivity (Wildman–Crippen MR) is 69.4 cm³/mol. The van der Waals surface area contributed by atoms with Gasteiger partial charge >= 0.3 is 0 Å². The highest BCUT2D eigenvalue weighted by Gasteiger charge is 2.20. The van der Waals surface area contributed by atoms with Crippen molar-refractivity contribution in [1.29, 1.82) is 0 Å². The van der Waals surface area contributed by atoms with Crippen molar-refractivity contribution in [1.82, 2.24) is 5.32 Å². The average Bonchev–Trinajstić information content (AvgIpc) is 3.15. The van der Waals surface area contributed by atoms with Crippen LogP contribution in [0.15, 0.2) is 18.2 Å². The van der Waals surface area contributed by atoms with Gasteiger partial charge in [0.15, 0.2) is 11.6 Å². The van der Waals surface area contributed by atoms with Gasteiger partial charge in [-0.25, -0.2) is 17.2 Å². The molecule has 19 heavy (non-hydrogen) atoms. The predicted octanol–water partition coefficient (Wildman–Crippen LogP) is 1.85. The van der Waals surface area contributed by atoms with Gasteiger partial charge in [0.25, 0.3) is 0 Å². The van der Waals surface area contributed by atoms with Crippen LogP contribution in [0.3, 0.4) is 0 Å². The quantitative estimate of drug-likeness (QED) is 0.753. The Balaban J connectivity index is 1.86. The molecule has 1 saturated carbocycles. The Morgan fingerprint density at radius 2 is 2.00 bits per heavy atom. The second-order valence-corrected chi connectivity index (χ2v) is 6.45. The van der Waals surface area contributed by atoms with Gasteiger partial charge in [-0.05, 0) is 37.9 Å². The van der Waals surface area contributed by atoms with Gasteiger partial charge in [-0.3, -0.25) is 4.72 Å². The van der Waals surface area contributed by atoms with E-state index >= 15 is 0 Å². The average molecular weight is 290 g/mol. The largest absolute Gasteiger partial charge is 0.314 e. The molecular formula is C12H16F2N2O2S. The summed E-state index contributed by atoms with van der Waals surface area (Å²) in [5.41, 5.74) is -0.352. The molecule has 1 aromatic carbocycles. The zero-order chi connectivity index (χ0) is 13.9. The number of hydrogen-bond acceptors (Lipinski definition) is 3. The summed E-state index contributed by atoms with van der Waals surface area (Å²) in [5, 5.41) is 3.19. The van der Waals surface area contributed by atoms with Crippen LogP contribution in [-0.2, 0) is 10.0 Å². The van der Waals surface area contributed by atoms with Gasteiger partial charge in [0, 0.05) is 6.04 Å². The Hall–Kier alpha value is -1.21. The molecule has 0 bridgehead atoms. The van der Waals surface area contributed by atoms with Crippen molar-refractivity contribution in [3.8, 4) is 0 Å². The number of sulfonamides is 1. The van der Waals surface area contributed by atoms with Crippen molar-refractivity contribution in [2.24, 2.45) is 0 Å². The SMILES string of the molecule is O=S(=O)(CCCNC1CC1)Nc1cccc(F)c1F. The molecule has 0 heterocycles. The second kappa shape index (κ2) is 5.83. The summed E-state index contributed by atoms with van der Waals surface area (Å²) in [6.45, 7) is 0.608. The summed E-state index contributed by atoms with van der Waals surface area (Å²) in [6, 6.07) is 3.91. The second-order valence-electron chi connectivity index (χ2n) is 4.60. The normalized spacial score (nSPS) is 15.5. The van der Waals surface area contributed by atoms with E-state index in [0.717, 1.165) is 18.9 Å². The van der Waals surface area contributed by atoms with E-state index in [1.807, 2.05) is 0 Å². The van der Waals surface area contributed by atoms with Crippen molar-refractivity contribution in [2.75, 3.05) is 17.0 Å². The first-order chi connectivity index (χ1) is 8.98. The maximum atomic E-state index is 13.3. The fourth-order valence-corrected chi connectivity index (χ4v) is 2.78. The molecule has 1 aliphatic rings. The molecule has 0 aliphatic heterocycles. The van der Waals surface area contributed by atoms with E-state index in [2.05, 4.69) is 10.0 Å². The third-order valence-electron chi connectivity index (χ3n) is 2.82. The highest BCUT2D eigenvalue weighted by Crippen LogP contribution is 2.19. The number of nitrogens with one attached hydrogen (secondary N) is 2. The maximum absolute atomic E-state index is 13.3. The minimum atomic E-state index is -3.65. The maximum Gasteiger partial charge on any atom is 0.232 e. The van der Waals surface area contributed by atoms with Gasteiger partial charge in [-0.1, -0.05) is 6.07 Å². The van der Waals surface area contributed by atoms with Crippen LogP contribution >= 0.6 is 0 Å². The Labute approximate surface area is 111 Å². The Morgan fingerprint density at radius 1 is 1.26 bits per heavy atom. The lowest BCUT2D eigenvalue weighted by Gasteiger charge is -2.09. The fourth-order valence-electron chi connectivity index (χ4n) is 1.66. The summed E-state index contributed by atoms with van der Waals surface area (Å²) >= 11 is 0. The molecule has 0 radical (unpaired) electrons. The minimum Gasteiger partial charge on any atom is -0.314 e. The monoisotopic (exact) mass is 290 g/mol. The first-order valence-corrected chi connectivity index (χ1v) is 7.81. The van der Waals surface area contributed by atoms with Crippen molar-refractivity contribution < 1.29 is 17.2 Å². The fraction of sp³-hybridized carbons (Fsp3) is 0.500. The van der Waals surface area contributed by atoms with Gasteiger partial charge in [0.1, 0.15) is 0 Å². The van der Waals surface area contributed by atoms with Crippen LogP contribution in [0, 0.1) is 11.6 Å². The van der Waals surface area contributed by atoms with E-state index < -0.39 is 21.7 Å². The lowest BCUT2D eigenvalue weighted by Crippen LogP contribution is -2.23. The summed E-state index contributed by atoms with van der Waals surface area (Å²) in [6.07, 6.45) is 2.71. The molecule has 4 nitrogen and oxygen atoms in total. The summed E-state index contributed by atoms with van der Waals surface area (Å²) in [7, 11) is -3.65. The van der Waals surface area contributed by atoms with Crippen LogP contribution in [0.5, 0.6) is 0 Å². The molecule has 0 saturated heterocycles. The molecule has 0 amide bonds. The molecule has 1 aromatic rings. The molecule has 0 unspecified atom stereocenters. The first-order valence-electron chi connectivity index (χ1n) is 6.16. The molecule has 7 heteroatoms. The van der Waals surface area contributed by atoms with E-state index in [1.165, 1.54) is 12.1 Å². The number of halogens is 2. The zero-order valence-corrected chi connectivity index (χ0v) is 11.1. The standard InChI is InChI=1S/C12H16F2N2O2S/c13-10-3-1-4-11(12(10)14)16-19(17,18)8-2-7-15-9-5-6-9/h1,3-4,9,15-16H,2,5-8H2. The number of rotatable bonds is 7. The molecule has 0 atom stereocenters. The van der Waals surface area contributed by atoms with Gasteiger partial charge in [0.05, 0.1) is 11.4 Å². The van der Waals surface area contributed by atoms with E-state index in [9.17, 15) is 17.2 Å². The van der Waals surface area contributed by atoms with Crippen molar-refractivity contribution >= 4 is 15.7 Å². The third kappa shape index (κ3) is 4.43. The van der Waals surface area contributed by atoms with Gasteiger partial charge in [-0.15, -0.1) is 0 Å². The molecule has 1 aliphatic carbocycles. The third-order valence-corrected chi connectivity index (χ3v) is 4.17. The molecule has 2 rings (SSSR count). The van der Waals surface area contributed by atoms with Crippen LogP contribution < -0.4 is 10.0 Å². The zero-order valence-electron chi connectivity index (χ0n) is 10.3. The smallest absolute Gasteiger partial charge is 0.232 e. The highest BCUT2D eigenvalue weighted by molar-refractivity contribution is 7.92. The minimum absolute atomic E-state index is 0.122. The van der Waals surface area contributed by atoms with E-state index in [4.69, 9.17) is 0 Å². The highest BCUT2D eigenvalue weighted by atomic mass is 32.2. The van der Waals surface area contributed by atoms with E-state index in [0.29, 0.717) is 19.0 Å². The topological polar surface area (TPSA) is 58.2 Å². The van der Waals surface area contributed by atoms with Crippen LogP contribution in [0.4, 0.5) is 14.5 Å². The summed E-state index contributed by atoms with van der Waals surface area (Å²) < 4.78 is 51.7. The molecular weight excluding hydrogens is 274 g/mol. The van der Waals surface area contributed by atoms with E-state index in [1.54, 1.807) is 0 Å². The Morgan fingerprint density at radius 3 is 2.68 bits per heavy atom. The molecule has 2 N–H and O–H groups in total. The van der Waals surface area contributed by atoms with Crippen molar-refractivity contribution in [3.63, 3.8) is 0 Å². The summed E-state index contributed by atoms with van der Waals surface area (Å²) in [5.74, 6) is -2.37. The van der Waals surface area contributed by atoms with E-state index in [-0.39, 0.29) is 11.4 Å². The number of hydrogen-bond donors (Lipinski definition) is 2. The Bertz CT molecular complexity index is 545. The van der Waals surface area contributed by atoms with Crippen LogP contribution in [0.2, 0.25) is 0 Å². The molecule has 106 valence electrons. The lowest BCUT2D eigenvalue weighted by molar-refractivity contribution is 0.511. The summed E-state index contributed by atoms with van der Waals surface area (Å²) in [4.78, 5) is 0. The van der Waals surface area contributed by atoms with Crippen molar-refractivity contribution in [2.45, 2.75) is 25.3 Å².